The smallest absolute Gasteiger partial charge is 0.391 e. The van der Waals surface area contributed by atoms with Crippen molar-refractivity contribution in [2.24, 2.45) is 5.92 Å². The number of aromatic nitrogens is 1. The number of alkyl halides is 3. The maximum Gasteiger partial charge on any atom is 0.419 e. The van der Waals surface area contributed by atoms with Crippen molar-refractivity contribution in [2.45, 2.75) is 39.6 Å². The minimum absolute atomic E-state index is 0.0300. The third kappa shape index (κ3) is 4.04. The first-order valence-electron chi connectivity index (χ1n) is 7.83. The molecule has 0 spiro atoms. The molecular weight excluding hydrogens is 356 g/mol. The molecule has 0 radical (unpaired) electrons. The number of amides is 1. The highest BCUT2D eigenvalue weighted by Crippen LogP contribution is 2.34. The number of hydrogen-bond donors (Lipinski definition) is 2. The number of hydrogen-bond acceptors (Lipinski definition) is 4. The lowest BCUT2D eigenvalue weighted by molar-refractivity contribution is -0.139. The van der Waals surface area contributed by atoms with Crippen molar-refractivity contribution in [2.75, 3.05) is 0 Å². The van der Waals surface area contributed by atoms with Gasteiger partial charge in [-0.25, -0.2) is 4.39 Å². The number of aliphatic hydroxyl groups is 1. The maximum absolute atomic E-state index is 13.8. The summed E-state index contributed by atoms with van der Waals surface area (Å²) in [5, 5.41) is 15.8. The van der Waals surface area contributed by atoms with E-state index in [-0.39, 0.29) is 34.5 Å². The van der Waals surface area contributed by atoms with Crippen molar-refractivity contribution in [3.05, 3.63) is 40.8 Å². The van der Waals surface area contributed by atoms with Gasteiger partial charge in [-0.05, 0) is 25.0 Å². The second-order valence-corrected chi connectivity index (χ2v) is 6.20. The van der Waals surface area contributed by atoms with Gasteiger partial charge in [0.15, 0.2) is 11.5 Å². The van der Waals surface area contributed by atoms with E-state index in [9.17, 15) is 27.5 Å². The molecule has 142 valence electrons. The van der Waals surface area contributed by atoms with Gasteiger partial charge < -0.3 is 14.9 Å². The molecular formula is C17H18F4N2O3. The summed E-state index contributed by atoms with van der Waals surface area (Å²) in [6, 6.07) is 2.00. The van der Waals surface area contributed by atoms with Crippen molar-refractivity contribution in [3.8, 4) is 11.3 Å². The van der Waals surface area contributed by atoms with Crippen LogP contribution in [0.4, 0.5) is 17.6 Å². The van der Waals surface area contributed by atoms with Crippen LogP contribution in [0.5, 0.6) is 0 Å². The Kier molecular flexibility index (Phi) is 5.70. The summed E-state index contributed by atoms with van der Waals surface area (Å²) >= 11 is 0. The highest BCUT2D eigenvalue weighted by molar-refractivity contribution is 5.95. The van der Waals surface area contributed by atoms with Gasteiger partial charge in [0, 0.05) is 11.6 Å². The van der Waals surface area contributed by atoms with Gasteiger partial charge in [-0.2, -0.15) is 13.2 Å². The number of aliphatic hydroxyl groups excluding tert-OH is 1. The Labute approximate surface area is 147 Å². The largest absolute Gasteiger partial charge is 0.419 e. The summed E-state index contributed by atoms with van der Waals surface area (Å²) in [6.07, 6.45) is -4.83. The van der Waals surface area contributed by atoms with Gasteiger partial charge in [0.2, 0.25) is 0 Å². The molecule has 0 saturated heterocycles. The Hall–Kier alpha value is -2.42. The summed E-state index contributed by atoms with van der Waals surface area (Å²) < 4.78 is 56.7. The lowest BCUT2D eigenvalue weighted by atomic mass is 10.0. The molecule has 0 bridgehead atoms. The fourth-order valence-corrected chi connectivity index (χ4v) is 2.19. The fourth-order valence-electron chi connectivity index (χ4n) is 2.19. The summed E-state index contributed by atoms with van der Waals surface area (Å²) in [5.41, 5.74) is -1.72. The molecule has 0 fully saturated rings. The first-order valence-corrected chi connectivity index (χ1v) is 7.83. The summed E-state index contributed by atoms with van der Waals surface area (Å²) in [7, 11) is 0. The van der Waals surface area contributed by atoms with E-state index in [2.05, 4.69) is 10.5 Å². The van der Waals surface area contributed by atoms with Gasteiger partial charge in [0.25, 0.3) is 5.91 Å². The van der Waals surface area contributed by atoms with Crippen molar-refractivity contribution in [1.29, 1.82) is 0 Å². The van der Waals surface area contributed by atoms with Crippen LogP contribution in [0.25, 0.3) is 11.3 Å². The Morgan fingerprint density at radius 1 is 1.31 bits per heavy atom. The minimum Gasteiger partial charge on any atom is -0.391 e. The lowest BCUT2D eigenvalue weighted by Crippen LogP contribution is -2.36. The van der Waals surface area contributed by atoms with E-state index >= 15 is 0 Å². The number of halogens is 4. The van der Waals surface area contributed by atoms with Gasteiger partial charge in [-0.1, -0.05) is 25.1 Å². The zero-order chi connectivity index (χ0) is 19.6. The molecule has 0 unspecified atom stereocenters. The van der Waals surface area contributed by atoms with Gasteiger partial charge in [-0.15, -0.1) is 0 Å². The number of carbonyl (C=O) groups is 1. The third-order valence-corrected chi connectivity index (χ3v) is 4.06. The number of carbonyl (C=O) groups excluding carboxylic acids is 1. The Balaban J connectivity index is 2.39. The molecule has 1 heterocycles. The van der Waals surface area contributed by atoms with Crippen molar-refractivity contribution < 1.29 is 32.0 Å². The van der Waals surface area contributed by atoms with E-state index in [1.807, 2.05) is 13.8 Å². The van der Waals surface area contributed by atoms with E-state index in [0.29, 0.717) is 12.1 Å². The number of benzene rings is 1. The summed E-state index contributed by atoms with van der Waals surface area (Å²) in [5.74, 6) is -2.11. The van der Waals surface area contributed by atoms with E-state index in [0.717, 1.165) is 6.07 Å². The highest BCUT2D eigenvalue weighted by Gasteiger charge is 2.34. The van der Waals surface area contributed by atoms with Crippen LogP contribution in [0.2, 0.25) is 0 Å². The van der Waals surface area contributed by atoms with Crippen molar-refractivity contribution >= 4 is 5.91 Å². The zero-order valence-corrected chi connectivity index (χ0v) is 14.3. The molecule has 5 nitrogen and oxygen atoms in total. The maximum atomic E-state index is 13.8. The van der Waals surface area contributed by atoms with Gasteiger partial charge in [-0.3, -0.25) is 4.79 Å². The second kappa shape index (κ2) is 7.45. The van der Waals surface area contributed by atoms with E-state index < -0.39 is 30.1 Å². The zero-order valence-electron chi connectivity index (χ0n) is 14.3. The molecule has 1 amide bonds. The second-order valence-electron chi connectivity index (χ2n) is 6.20. The topological polar surface area (TPSA) is 75.4 Å². The van der Waals surface area contributed by atoms with E-state index in [4.69, 9.17) is 4.52 Å². The normalized spacial score (nSPS) is 13.1. The van der Waals surface area contributed by atoms with Gasteiger partial charge >= 0.3 is 6.18 Å². The fraction of sp³-hybridized carbons (Fsp3) is 0.412. The monoisotopic (exact) mass is 374 g/mol. The van der Waals surface area contributed by atoms with Crippen LogP contribution < -0.4 is 5.32 Å². The Morgan fingerprint density at radius 3 is 2.46 bits per heavy atom. The molecule has 9 heteroatoms. The molecule has 0 aliphatic heterocycles. The van der Waals surface area contributed by atoms with Crippen LogP contribution in [0.1, 0.15) is 42.4 Å². The summed E-state index contributed by atoms with van der Waals surface area (Å²) in [6.45, 7) is 4.93. The standard InChI is InChI=1S/C17H18F4N2O3/c1-8(2)9(3)22-16(25)14-11(7-24)15(26-23-14)10-4-5-12(13(18)6-10)17(19,20)21/h4-6,8-9,24H,7H2,1-3H3,(H,22,25)/t9-/m0/s1. The van der Waals surface area contributed by atoms with Crippen LogP contribution in [0, 0.1) is 11.7 Å². The van der Waals surface area contributed by atoms with Crippen LogP contribution >= 0.6 is 0 Å². The quantitative estimate of drug-likeness (QED) is 0.782. The molecule has 0 saturated carbocycles. The number of rotatable bonds is 5. The summed E-state index contributed by atoms with van der Waals surface area (Å²) in [4.78, 5) is 12.3. The first kappa shape index (κ1) is 19.9. The van der Waals surface area contributed by atoms with Crippen LogP contribution in [0.15, 0.2) is 22.7 Å². The first-order chi connectivity index (χ1) is 12.1. The van der Waals surface area contributed by atoms with Crippen LogP contribution in [-0.4, -0.2) is 22.2 Å². The molecule has 1 aromatic heterocycles. The van der Waals surface area contributed by atoms with Crippen LogP contribution in [0.3, 0.4) is 0 Å². The van der Waals surface area contributed by atoms with Crippen molar-refractivity contribution in [1.82, 2.24) is 10.5 Å². The molecule has 2 N–H and O–H groups in total. The number of nitrogens with one attached hydrogen (secondary N) is 1. The predicted octanol–water partition coefficient (Wildman–Crippen LogP) is 3.77. The predicted molar refractivity (Wildman–Crippen MR) is 84.6 cm³/mol. The molecule has 1 aromatic carbocycles. The van der Waals surface area contributed by atoms with Gasteiger partial charge in [0.1, 0.15) is 5.82 Å². The molecule has 2 aromatic rings. The average molecular weight is 374 g/mol. The Bertz CT molecular complexity index is 800. The van der Waals surface area contributed by atoms with Gasteiger partial charge in [0.05, 0.1) is 17.7 Å². The molecule has 0 aliphatic carbocycles. The van der Waals surface area contributed by atoms with Crippen LogP contribution in [-0.2, 0) is 12.8 Å². The highest BCUT2D eigenvalue weighted by atomic mass is 19.4. The van der Waals surface area contributed by atoms with Crippen molar-refractivity contribution in [3.63, 3.8) is 0 Å². The molecule has 0 aliphatic rings. The molecule has 2 rings (SSSR count). The minimum atomic E-state index is -4.83. The number of nitrogens with zero attached hydrogens (tertiary/aromatic N) is 1. The lowest BCUT2D eigenvalue weighted by Gasteiger charge is -2.16. The molecule has 26 heavy (non-hydrogen) atoms. The third-order valence-electron chi connectivity index (χ3n) is 4.06. The Morgan fingerprint density at radius 2 is 1.96 bits per heavy atom. The average Bonchev–Trinajstić information content (AvgIpc) is 2.97. The van der Waals surface area contributed by atoms with E-state index in [1.54, 1.807) is 6.92 Å². The molecule has 1 atom stereocenters. The SMILES string of the molecule is CC(C)[C@H](C)NC(=O)c1noc(-c2ccc(C(F)(F)F)c(F)c2)c1CO. The van der Waals surface area contributed by atoms with E-state index in [1.165, 1.54) is 0 Å².